The zero-order valence-electron chi connectivity index (χ0n) is 18.7. The highest BCUT2D eigenvalue weighted by atomic mass is 16.5. The van der Waals surface area contributed by atoms with E-state index in [1.54, 1.807) is 13.8 Å². The lowest BCUT2D eigenvalue weighted by Gasteiger charge is -2.17. The Morgan fingerprint density at radius 2 is 1.59 bits per heavy atom. The van der Waals surface area contributed by atoms with Gasteiger partial charge in [-0.25, -0.2) is 9.59 Å². The van der Waals surface area contributed by atoms with Gasteiger partial charge in [-0.05, 0) is 39.4 Å². The summed E-state index contributed by atoms with van der Waals surface area (Å²) in [5, 5.41) is 0. The number of carbonyl (C=O) groups is 2. The molecule has 0 saturated heterocycles. The minimum atomic E-state index is -0.359. The summed E-state index contributed by atoms with van der Waals surface area (Å²) >= 11 is 0. The molecule has 0 unspecified atom stereocenters. The first-order valence-corrected chi connectivity index (χ1v) is 9.78. The van der Waals surface area contributed by atoms with Crippen molar-refractivity contribution >= 4 is 18.0 Å². The Bertz CT molecular complexity index is 616. The van der Waals surface area contributed by atoms with Crippen molar-refractivity contribution in [2.24, 2.45) is 0 Å². The Morgan fingerprint density at radius 1 is 1.03 bits per heavy atom. The fourth-order valence-corrected chi connectivity index (χ4v) is 1.83. The second kappa shape index (κ2) is 18.7. The van der Waals surface area contributed by atoms with Gasteiger partial charge in [-0.3, -0.25) is 0 Å². The van der Waals surface area contributed by atoms with E-state index in [0.717, 1.165) is 25.7 Å². The van der Waals surface area contributed by atoms with Crippen LogP contribution in [-0.4, -0.2) is 49.7 Å². The van der Waals surface area contributed by atoms with Crippen LogP contribution in [0.4, 0.5) is 0 Å². The van der Waals surface area contributed by atoms with Gasteiger partial charge in [0.25, 0.3) is 0 Å². The van der Waals surface area contributed by atoms with Crippen LogP contribution in [0.2, 0.25) is 0 Å². The molecular weight excluding hydrogens is 366 g/mol. The van der Waals surface area contributed by atoms with Crippen LogP contribution in [0.5, 0.6) is 0 Å². The number of hydrogen-bond donors (Lipinski definition) is 0. The second-order valence-corrected chi connectivity index (χ2v) is 6.01. The molecule has 0 fully saturated rings. The smallest absolute Gasteiger partial charge is 0.333 e. The van der Waals surface area contributed by atoms with Crippen LogP contribution >= 0.6 is 0 Å². The van der Waals surface area contributed by atoms with Crippen molar-refractivity contribution in [3.05, 3.63) is 66.8 Å². The molecule has 0 N–H and O–H groups in total. The molecule has 0 radical (unpaired) electrons. The Hall–Kier alpha value is -2.66. The molecule has 0 heterocycles. The molecule has 0 aliphatic heterocycles. The van der Waals surface area contributed by atoms with Crippen LogP contribution in [0.1, 0.15) is 38.8 Å². The van der Waals surface area contributed by atoms with Gasteiger partial charge in [0.15, 0.2) is 0 Å². The molecule has 0 spiro atoms. The number of esters is 2. The number of aryl methyl sites for hydroxylation is 1. The van der Waals surface area contributed by atoms with Gasteiger partial charge in [0, 0.05) is 18.2 Å². The molecule has 1 rings (SSSR count). The molecule has 0 aromatic heterocycles. The molecule has 0 amide bonds. The van der Waals surface area contributed by atoms with Gasteiger partial charge in [-0.1, -0.05) is 69.5 Å². The van der Waals surface area contributed by atoms with E-state index in [1.807, 2.05) is 6.08 Å². The Morgan fingerprint density at radius 3 is 1.93 bits per heavy atom. The van der Waals surface area contributed by atoms with E-state index in [-0.39, 0.29) is 11.9 Å². The lowest BCUT2D eigenvalue weighted by molar-refractivity contribution is -0.139. The lowest BCUT2D eigenvalue weighted by atomic mass is 10.2. The quantitative estimate of drug-likeness (QED) is 0.437. The highest BCUT2D eigenvalue weighted by Gasteiger charge is 2.04. The first kappa shape index (κ1) is 28.5. The second-order valence-electron chi connectivity index (χ2n) is 6.01. The van der Waals surface area contributed by atoms with Crippen molar-refractivity contribution in [1.82, 2.24) is 4.90 Å². The van der Waals surface area contributed by atoms with Gasteiger partial charge in [0.05, 0.1) is 6.61 Å². The maximum atomic E-state index is 11.0. The number of nitrogens with zero attached hydrogens (tertiary/aromatic N) is 1. The molecule has 29 heavy (non-hydrogen) atoms. The van der Waals surface area contributed by atoms with E-state index < -0.39 is 0 Å². The minimum Gasteiger partial charge on any atom is -0.463 e. The predicted molar refractivity (Wildman–Crippen MR) is 122 cm³/mol. The van der Waals surface area contributed by atoms with Gasteiger partial charge in [-0.2, -0.15) is 0 Å². The number of rotatable bonds is 9. The summed E-state index contributed by atoms with van der Waals surface area (Å²) < 4.78 is 9.39. The van der Waals surface area contributed by atoms with Gasteiger partial charge in [-0.15, -0.1) is 0 Å². The number of likely N-dealkylation sites (N-methyl/N-ethyl adjacent to an activating group) is 1. The Balaban J connectivity index is 0. The van der Waals surface area contributed by atoms with Gasteiger partial charge < -0.3 is 14.4 Å². The van der Waals surface area contributed by atoms with Gasteiger partial charge in [0.2, 0.25) is 0 Å². The number of hydrogen-bond acceptors (Lipinski definition) is 5. The van der Waals surface area contributed by atoms with Crippen molar-refractivity contribution in [3.8, 4) is 0 Å². The molecule has 0 atom stereocenters. The third-order valence-corrected chi connectivity index (χ3v) is 3.65. The summed E-state index contributed by atoms with van der Waals surface area (Å²) in [6.45, 7) is 23.7. The molecule has 5 nitrogen and oxygen atoms in total. The monoisotopic (exact) mass is 403 g/mol. The fourth-order valence-electron chi connectivity index (χ4n) is 1.83. The number of ether oxygens (including phenoxy) is 2. The van der Waals surface area contributed by atoms with Crippen molar-refractivity contribution in [2.75, 3.05) is 32.8 Å². The van der Waals surface area contributed by atoms with Crippen molar-refractivity contribution in [1.29, 1.82) is 0 Å². The third kappa shape index (κ3) is 17.2. The lowest BCUT2D eigenvalue weighted by Crippen LogP contribution is -2.27. The average molecular weight is 404 g/mol. The molecule has 1 aromatic rings. The third-order valence-electron chi connectivity index (χ3n) is 3.65. The largest absolute Gasteiger partial charge is 0.463 e. The molecule has 5 heteroatoms. The van der Waals surface area contributed by atoms with Gasteiger partial charge >= 0.3 is 11.9 Å². The van der Waals surface area contributed by atoms with Crippen molar-refractivity contribution in [3.63, 3.8) is 0 Å². The predicted octanol–water partition coefficient (Wildman–Crippen LogP) is 4.82. The zero-order valence-corrected chi connectivity index (χ0v) is 18.7. The van der Waals surface area contributed by atoms with E-state index in [0.29, 0.717) is 18.8 Å². The normalized spacial score (nSPS) is 9.17. The Kier molecular flexibility index (Phi) is 18.4. The molecule has 0 bridgehead atoms. The van der Waals surface area contributed by atoms with Crippen LogP contribution in [0, 0.1) is 6.92 Å². The number of carbonyl (C=O) groups excluding carboxylic acids is 2. The van der Waals surface area contributed by atoms with Crippen LogP contribution < -0.4 is 0 Å². The first-order chi connectivity index (χ1) is 13.7. The topological polar surface area (TPSA) is 55.8 Å². The Labute approximate surface area is 176 Å². The zero-order chi connectivity index (χ0) is 22.7. The molecule has 1 aromatic carbocycles. The summed E-state index contributed by atoms with van der Waals surface area (Å²) in [5.41, 5.74) is 2.93. The standard InChI is InChI=1S/C10H19NO2.C9H10.C5H8O2/c1-5-11(6-2)7-8-13-10(12)9(3)4;1-3-9-6-4-8(2)5-7-9;1-3-5(6)7-4-2/h3,5-8H2,1-2,4H3;3-7H,1H2,2H3;3H,1,4H2,2H3. The highest BCUT2D eigenvalue weighted by Crippen LogP contribution is 2.02. The van der Waals surface area contributed by atoms with E-state index in [9.17, 15) is 9.59 Å². The van der Waals surface area contributed by atoms with Crippen molar-refractivity contribution < 1.29 is 19.1 Å². The molecule has 0 saturated carbocycles. The van der Waals surface area contributed by atoms with E-state index in [2.05, 4.69) is 74.4 Å². The maximum Gasteiger partial charge on any atom is 0.333 e. The molecule has 162 valence electrons. The van der Waals surface area contributed by atoms with Crippen LogP contribution in [-0.2, 0) is 19.1 Å². The van der Waals surface area contributed by atoms with E-state index in [4.69, 9.17) is 4.74 Å². The maximum absolute atomic E-state index is 11.0. The van der Waals surface area contributed by atoms with Crippen molar-refractivity contribution in [2.45, 2.75) is 34.6 Å². The number of benzene rings is 1. The van der Waals surface area contributed by atoms with E-state index in [1.165, 1.54) is 11.1 Å². The minimum absolute atomic E-state index is 0.299. The van der Waals surface area contributed by atoms with Crippen LogP contribution in [0.3, 0.4) is 0 Å². The summed E-state index contributed by atoms with van der Waals surface area (Å²) in [6, 6.07) is 8.28. The average Bonchev–Trinajstić information content (AvgIpc) is 2.72. The SMILES string of the molecule is C=C(C)C(=O)OCCN(CC)CC.C=CC(=O)OCC.C=Cc1ccc(C)cc1. The summed E-state index contributed by atoms with van der Waals surface area (Å²) in [7, 11) is 0. The highest BCUT2D eigenvalue weighted by molar-refractivity contribution is 5.86. The summed E-state index contributed by atoms with van der Waals surface area (Å²) in [4.78, 5) is 23.2. The molecule has 0 aliphatic carbocycles. The van der Waals surface area contributed by atoms with Gasteiger partial charge in [0.1, 0.15) is 6.61 Å². The first-order valence-electron chi connectivity index (χ1n) is 9.78. The summed E-state index contributed by atoms with van der Waals surface area (Å²) in [6.07, 6.45) is 2.99. The summed E-state index contributed by atoms with van der Waals surface area (Å²) in [5.74, 6) is -0.658. The fraction of sp³-hybridized carbons (Fsp3) is 0.417. The molecule has 0 aliphatic rings. The van der Waals surface area contributed by atoms with E-state index >= 15 is 0 Å². The van der Waals surface area contributed by atoms with Crippen LogP contribution in [0.15, 0.2) is 55.7 Å². The van der Waals surface area contributed by atoms with Crippen LogP contribution in [0.25, 0.3) is 6.08 Å². The molecular formula is C24H37NO4.